The molecular formula is C21H24FN5O. The van der Waals surface area contributed by atoms with Crippen molar-refractivity contribution < 1.29 is 9.18 Å². The molecule has 1 N–H and O–H groups in total. The SMILES string of the molecule is CCn1c(CC2CCN(C(=O)NCc3cccc(F)c3)C2)nc2cccnc21. The molecule has 2 amide bonds. The smallest absolute Gasteiger partial charge is 0.317 e. The van der Waals surface area contributed by atoms with Crippen LogP contribution in [0.3, 0.4) is 0 Å². The minimum Gasteiger partial charge on any atom is -0.334 e. The number of benzene rings is 1. The predicted molar refractivity (Wildman–Crippen MR) is 105 cm³/mol. The minimum atomic E-state index is -0.290. The van der Waals surface area contributed by atoms with Gasteiger partial charge in [0.2, 0.25) is 0 Å². The molecule has 2 aromatic heterocycles. The van der Waals surface area contributed by atoms with Crippen LogP contribution in [0.1, 0.15) is 24.7 Å². The molecule has 3 aromatic rings. The topological polar surface area (TPSA) is 63.1 Å². The maximum absolute atomic E-state index is 13.3. The van der Waals surface area contributed by atoms with Gasteiger partial charge in [-0.1, -0.05) is 12.1 Å². The Morgan fingerprint density at radius 3 is 3.04 bits per heavy atom. The number of hydrogen-bond donors (Lipinski definition) is 1. The average molecular weight is 381 g/mol. The zero-order valence-electron chi connectivity index (χ0n) is 15.9. The van der Waals surface area contributed by atoms with Crippen molar-refractivity contribution in [1.29, 1.82) is 0 Å². The van der Waals surface area contributed by atoms with E-state index < -0.39 is 0 Å². The number of pyridine rings is 1. The van der Waals surface area contributed by atoms with E-state index in [2.05, 4.69) is 21.8 Å². The van der Waals surface area contributed by atoms with Gasteiger partial charge in [-0.2, -0.15) is 0 Å². The largest absolute Gasteiger partial charge is 0.334 e. The van der Waals surface area contributed by atoms with E-state index in [-0.39, 0.29) is 11.8 Å². The van der Waals surface area contributed by atoms with Crippen molar-refractivity contribution >= 4 is 17.2 Å². The molecule has 3 heterocycles. The molecule has 1 fully saturated rings. The number of imidazole rings is 1. The van der Waals surface area contributed by atoms with Gasteiger partial charge in [0.1, 0.15) is 17.2 Å². The maximum atomic E-state index is 13.3. The molecule has 6 nitrogen and oxygen atoms in total. The highest BCUT2D eigenvalue weighted by Crippen LogP contribution is 2.23. The number of nitrogens with zero attached hydrogens (tertiary/aromatic N) is 4. The molecule has 1 aliphatic heterocycles. The number of urea groups is 1. The number of carbonyl (C=O) groups is 1. The maximum Gasteiger partial charge on any atom is 0.317 e. The van der Waals surface area contributed by atoms with Gasteiger partial charge in [0, 0.05) is 38.8 Å². The standard InChI is InChI=1S/C21H24FN5O/c1-2-27-19(25-18-7-4-9-23-20(18)27)12-16-8-10-26(14-16)21(28)24-13-15-5-3-6-17(22)11-15/h3-7,9,11,16H,2,8,10,12-14H2,1H3,(H,24,28). The number of amides is 2. The first kappa shape index (κ1) is 18.4. The Bertz CT molecular complexity index is 986. The van der Waals surface area contributed by atoms with Crippen molar-refractivity contribution in [3.8, 4) is 0 Å². The number of aryl methyl sites for hydroxylation is 1. The molecule has 1 atom stereocenters. The summed E-state index contributed by atoms with van der Waals surface area (Å²) in [5, 5.41) is 2.89. The average Bonchev–Trinajstić information content (AvgIpc) is 3.30. The van der Waals surface area contributed by atoms with E-state index in [1.807, 2.05) is 17.0 Å². The third-order valence-electron chi connectivity index (χ3n) is 5.28. The molecule has 1 saturated heterocycles. The predicted octanol–water partition coefficient (Wildman–Crippen LogP) is 3.36. The number of likely N-dealkylation sites (tertiary alicyclic amines) is 1. The van der Waals surface area contributed by atoms with Crippen molar-refractivity contribution in [2.45, 2.75) is 32.9 Å². The van der Waals surface area contributed by atoms with E-state index in [4.69, 9.17) is 4.98 Å². The number of halogens is 1. The van der Waals surface area contributed by atoms with Crippen LogP contribution >= 0.6 is 0 Å². The van der Waals surface area contributed by atoms with Crippen molar-refractivity contribution in [3.63, 3.8) is 0 Å². The first-order chi connectivity index (χ1) is 13.6. The molecule has 146 valence electrons. The Balaban J connectivity index is 1.36. The second kappa shape index (κ2) is 7.96. The van der Waals surface area contributed by atoms with Crippen molar-refractivity contribution in [2.24, 2.45) is 5.92 Å². The third-order valence-corrected chi connectivity index (χ3v) is 5.28. The lowest BCUT2D eigenvalue weighted by Crippen LogP contribution is -2.38. The molecule has 0 saturated carbocycles. The molecule has 0 aliphatic carbocycles. The Morgan fingerprint density at radius 1 is 1.32 bits per heavy atom. The van der Waals surface area contributed by atoms with Gasteiger partial charge in [-0.15, -0.1) is 0 Å². The molecule has 28 heavy (non-hydrogen) atoms. The molecule has 1 aliphatic rings. The number of hydrogen-bond acceptors (Lipinski definition) is 3. The second-order valence-corrected chi connectivity index (χ2v) is 7.21. The summed E-state index contributed by atoms with van der Waals surface area (Å²) in [6.07, 6.45) is 3.58. The fraction of sp³-hybridized carbons (Fsp3) is 0.381. The Kier molecular flexibility index (Phi) is 5.23. The quantitative estimate of drug-likeness (QED) is 0.737. The summed E-state index contributed by atoms with van der Waals surface area (Å²) in [6, 6.07) is 10.1. The summed E-state index contributed by atoms with van der Waals surface area (Å²) < 4.78 is 15.4. The first-order valence-electron chi connectivity index (χ1n) is 9.71. The van der Waals surface area contributed by atoms with Crippen molar-refractivity contribution in [3.05, 3.63) is 59.8 Å². The molecule has 4 rings (SSSR count). The number of aromatic nitrogens is 3. The second-order valence-electron chi connectivity index (χ2n) is 7.21. The number of nitrogens with one attached hydrogen (secondary N) is 1. The van der Waals surface area contributed by atoms with E-state index in [0.717, 1.165) is 48.5 Å². The summed E-state index contributed by atoms with van der Waals surface area (Å²) in [4.78, 5) is 23.5. The number of fused-ring (bicyclic) bond motifs is 1. The van der Waals surface area contributed by atoms with Gasteiger partial charge in [0.05, 0.1) is 0 Å². The van der Waals surface area contributed by atoms with Crippen LogP contribution in [0.4, 0.5) is 9.18 Å². The van der Waals surface area contributed by atoms with E-state index in [0.29, 0.717) is 19.0 Å². The van der Waals surface area contributed by atoms with Crippen LogP contribution in [0.25, 0.3) is 11.2 Å². The summed E-state index contributed by atoms with van der Waals surface area (Å²) in [7, 11) is 0. The molecule has 1 unspecified atom stereocenters. The molecule has 7 heteroatoms. The van der Waals surface area contributed by atoms with Gasteiger partial charge < -0.3 is 14.8 Å². The van der Waals surface area contributed by atoms with Crippen LogP contribution < -0.4 is 5.32 Å². The monoisotopic (exact) mass is 381 g/mol. The van der Waals surface area contributed by atoms with Gasteiger partial charge in [-0.3, -0.25) is 0 Å². The lowest BCUT2D eigenvalue weighted by Gasteiger charge is -2.17. The van der Waals surface area contributed by atoms with Crippen LogP contribution in [0.2, 0.25) is 0 Å². The summed E-state index contributed by atoms with van der Waals surface area (Å²) in [6.45, 7) is 4.68. The van der Waals surface area contributed by atoms with Crippen LogP contribution in [0, 0.1) is 11.7 Å². The van der Waals surface area contributed by atoms with E-state index in [9.17, 15) is 9.18 Å². The third kappa shape index (κ3) is 3.83. The van der Waals surface area contributed by atoms with E-state index >= 15 is 0 Å². The van der Waals surface area contributed by atoms with Crippen LogP contribution in [-0.4, -0.2) is 38.6 Å². The highest BCUT2D eigenvalue weighted by Gasteiger charge is 2.27. The Hall–Kier alpha value is -2.96. The van der Waals surface area contributed by atoms with Gasteiger partial charge in [-0.25, -0.2) is 19.2 Å². The zero-order valence-corrected chi connectivity index (χ0v) is 15.9. The van der Waals surface area contributed by atoms with Gasteiger partial charge >= 0.3 is 6.03 Å². The van der Waals surface area contributed by atoms with Gasteiger partial charge in [0.15, 0.2) is 5.65 Å². The summed E-state index contributed by atoms with van der Waals surface area (Å²) >= 11 is 0. The molecule has 0 radical (unpaired) electrons. The van der Waals surface area contributed by atoms with E-state index in [1.165, 1.54) is 12.1 Å². The zero-order chi connectivity index (χ0) is 19.5. The molecule has 0 bridgehead atoms. The van der Waals surface area contributed by atoms with Crippen LogP contribution in [0.5, 0.6) is 0 Å². The van der Waals surface area contributed by atoms with Gasteiger partial charge in [0.25, 0.3) is 0 Å². The molecule has 0 spiro atoms. The number of carbonyl (C=O) groups excluding carboxylic acids is 1. The minimum absolute atomic E-state index is 0.0996. The summed E-state index contributed by atoms with van der Waals surface area (Å²) in [5.74, 6) is 1.12. The molecule has 1 aromatic carbocycles. The Morgan fingerprint density at radius 2 is 2.21 bits per heavy atom. The summed E-state index contributed by atoms with van der Waals surface area (Å²) in [5.41, 5.74) is 2.60. The van der Waals surface area contributed by atoms with E-state index in [1.54, 1.807) is 18.3 Å². The Labute approximate surface area is 163 Å². The first-order valence-corrected chi connectivity index (χ1v) is 9.71. The van der Waals surface area contributed by atoms with Crippen LogP contribution in [-0.2, 0) is 19.5 Å². The normalized spacial score (nSPS) is 16.6. The fourth-order valence-corrected chi connectivity index (χ4v) is 3.87. The number of rotatable bonds is 5. The lowest BCUT2D eigenvalue weighted by atomic mass is 10.0. The van der Waals surface area contributed by atoms with Crippen molar-refractivity contribution in [1.82, 2.24) is 24.8 Å². The lowest BCUT2D eigenvalue weighted by molar-refractivity contribution is 0.206. The highest BCUT2D eigenvalue weighted by molar-refractivity contribution is 5.74. The molecular weight excluding hydrogens is 357 g/mol. The van der Waals surface area contributed by atoms with Crippen LogP contribution in [0.15, 0.2) is 42.6 Å². The fourth-order valence-electron chi connectivity index (χ4n) is 3.87. The van der Waals surface area contributed by atoms with Crippen molar-refractivity contribution in [2.75, 3.05) is 13.1 Å². The highest BCUT2D eigenvalue weighted by atomic mass is 19.1. The van der Waals surface area contributed by atoms with Gasteiger partial charge in [-0.05, 0) is 49.1 Å².